The van der Waals surface area contributed by atoms with Crippen LogP contribution in [0.4, 0.5) is 5.69 Å². The first kappa shape index (κ1) is 13.5. The van der Waals surface area contributed by atoms with Crippen molar-refractivity contribution in [3.8, 4) is 11.5 Å². The second-order valence-corrected chi connectivity index (χ2v) is 5.71. The van der Waals surface area contributed by atoms with E-state index in [1.807, 2.05) is 6.07 Å². The maximum atomic E-state index is 5.69. The van der Waals surface area contributed by atoms with Crippen LogP contribution in [0.3, 0.4) is 0 Å². The molecule has 0 radical (unpaired) electrons. The number of fused-ring (bicyclic) bond motifs is 2. The molecule has 0 bridgehead atoms. The molecule has 2 aliphatic heterocycles. The van der Waals surface area contributed by atoms with E-state index in [1.54, 1.807) is 0 Å². The topological polar surface area (TPSA) is 33.7 Å². The zero-order valence-corrected chi connectivity index (χ0v) is 12.5. The van der Waals surface area contributed by atoms with E-state index in [-0.39, 0.29) is 0 Å². The van der Waals surface area contributed by atoms with Gasteiger partial charge in [0.05, 0.1) is 0 Å². The average Bonchev–Trinajstić information content (AvgIpc) is 2.77. The van der Waals surface area contributed by atoms with E-state index in [0.717, 1.165) is 37.7 Å². The average molecular weight is 296 g/mol. The first-order valence-corrected chi connectivity index (χ1v) is 7.82. The molecule has 114 valence electrons. The second kappa shape index (κ2) is 5.89. The van der Waals surface area contributed by atoms with Gasteiger partial charge >= 0.3 is 0 Å². The zero-order valence-electron chi connectivity index (χ0n) is 12.5. The molecule has 0 saturated carbocycles. The lowest BCUT2D eigenvalue weighted by Gasteiger charge is -2.25. The molecule has 0 saturated heterocycles. The van der Waals surface area contributed by atoms with Crippen LogP contribution in [0.1, 0.15) is 11.1 Å². The van der Waals surface area contributed by atoms with E-state index >= 15 is 0 Å². The van der Waals surface area contributed by atoms with Gasteiger partial charge in [0.2, 0.25) is 0 Å². The molecule has 0 aliphatic carbocycles. The Morgan fingerprint density at radius 1 is 1.00 bits per heavy atom. The van der Waals surface area contributed by atoms with Crippen molar-refractivity contribution in [3.63, 3.8) is 0 Å². The predicted octanol–water partition coefficient (Wildman–Crippen LogP) is 2.57. The van der Waals surface area contributed by atoms with Gasteiger partial charge in [0, 0.05) is 31.9 Å². The summed E-state index contributed by atoms with van der Waals surface area (Å²) >= 11 is 0. The molecule has 0 aromatic heterocycles. The number of para-hydroxylation sites is 1. The molecule has 0 unspecified atom stereocenters. The van der Waals surface area contributed by atoms with Gasteiger partial charge in [0.1, 0.15) is 13.2 Å². The Hall–Kier alpha value is -2.20. The molecule has 2 aromatic carbocycles. The Morgan fingerprint density at radius 2 is 1.86 bits per heavy atom. The Morgan fingerprint density at radius 3 is 2.82 bits per heavy atom. The van der Waals surface area contributed by atoms with E-state index in [9.17, 15) is 0 Å². The third-order valence-corrected chi connectivity index (χ3v) is 4.19. The van der Waals surface area contributed by atoms with Gasteiger partial charge in [-0.1, -0.05) is 24.3 Å². The van der Waals surface area contributed by atoms with Crippen LogP contribution in [0.2, 0.25) is 0 Å². The Balaban J connectivity index is 1.60. The normalized spacial score (nSPS) is 16.8. The highest BCUT2D eigenvalue weighted by molar-refractivity contribution is 5.55. The summed E-state index contributed by atoms with van der Waals surface area (Å²) in [5.41, 5.74) is 3.93. The van der Waals surface area contributed by atoms with Crippen molar-refractivity contribution in [2.75, 3.05) is 31.2 Å². The van der Waals surface area contributed by atoms with Crippen molar-refractivity contribution in [2.45, 2.75) is 13.1 Å². The highest BCUT2D eigenvalue weighted by atomic mass is 16.6. The lowest BCUT2D eigenvalue weighted by Crippen LogP contribution is -2.28. The van der Waals surface area contributed by atoms with Gasteiger partial charge in [-0.05, 0) is 29.3 Å². The smallest absolute Gasteiger partial charge is 0.161 e. The molecule has 0 amide bonds. The summed E-state index contributed by atoms with van der Waals surface area (Å²) in [7, 11) is 0. The van der Waals surface area contributed by atoms with Gasteiger partial charge in [-0.2, -0.15) is 0 Å². The number of hydrogen-bond donors (Lipinski definition) is 1. The zero-order chi connectivity index (χ0) is 14.8. The maximum Gasteiger partial charge on any atom is 0.161 e. The van der Waals surface area contributed by atoms with Crippen molar-refractivity contribution in [2.24, 2.45) is 0 Å². The van der Waals surface area contributed by atoms with Gasteiger partial charge in [-0.3, -0.25) is 0 Å². The molecule has 0 atom stereocenters. The number of benzene rings is 2. The van der Waals surface area contributed by atoms with Crippen molar-refractivity contribution in [3.05, 3.63) is 53.6 Å². The van der Waals surface area contributed by atoms with Crippen LogP contribution in [0.25, 0.3) is 0 Å². The van der Waals surface area contributed by atoms with Crippen molar-refractivity contribution >= 4 is 5.69 Å². The number of rotatable bonds is 2. The van der Waals surface area contributed by atoms with Crippen LogP contribution in [0.15, 0.2) is 42.5 Å². The highest BCUT2D eigenvalue weighted by Gasteiger charge is 2.17. The molecular formula is C18H20N2O2. The summed E-state index contributed by atoms with van der Waals surface area (Å²) in [5, 5.41) is 3.48. The Kier molecular flexibility index (Phi) is 3.60. The minimum absolute atomic E-state index is 0.632. The summed E-state index contributed by atoms with van der Waals surface area (Å²) in [6.45, 7) is 5.10. The summed E-state index contributed by atoms with van der Waals surface area (Å²) in [5.74, 6) is 1.72. The van der Waals surface area contributed by atoms with Gasteiger partial charge < -0.3 is 19.7 Å². The number of anilines is 1. The van der Waals surface area contributed by atoms with Crippen LogP contribution in [0.5, 0.6) is 11.5 Å². The largest absolute Gasteiger partial charge is 0.486 e. The lowest BCUT2D eigenvalue weighted by atomic mass is 10.1. The summed E-state index contributed by atoms with van der Waals surface area (Å²) in [6, 6.07) is 14.9. The third-order valence-electron chi connectivity index (χ3n) is 4.19. The molecule has 22 heavy (non-hydrogen) atoms. The van der Waals surface area contributed by atoms with E-state index in [0.29, 0.717) is 13.2 Å². The third kappa shape index (κ3) is 2.62. The van der Waals surface area contributed by atoms with E-state index < -0.39 is 0 Å². The van der Waals surface area contributed by atoms with Crippen LogP contribution in [-0.2, 0) is 13.1 Å². The lowest BCUT2D eigenvalue weighted by molar-refractivity contribution is 0.171. The van der Waals surface area contributed by atoms with Gasteiger partial charge in [-0.25, -0.2) is 0 Å². The van der Waals surface area contributed by atoms with Crippen molar-refractivity contribution in [1.29, 1.82) is 0 Å². The van der Waals surface area contributed by atoms with Crippen molar-refractivity contribution in [1.82, 2.24) is 5.32 Å². The summed E-state index contributed by atoms with van der Waals surface area (Å²) in [4.78, 5) is 2.43. The number of nitrogens with one attached hydrogen (secondary N) is 1. The van der Waals surface area contributed by atoms with E-state index in [4.69, 9.17) is 9.47 Å². The quantitative estimate of drug-likeness (QED) is 0.923. The van der Waals surface area contributed by atoms with E-state index in [2.05, 4.69) is 46.6 Å². The molecular weight excluding hydrogens is 276 g/mol. The number of hydrogen-bond acceptors (Lipinski definition) is 4. The summed E-state index contributed by atoms with van der Waals surface area (Å²) in [6.07, 6.45) is 0. The fraction of sp³-hybridized carbons (Fsp3) is 0.333. The van der Waals surface area contributed by atoms with Crippen LogP contribution < -0.4 is 19.7 Å². The first-order valence-electron chi connectivity index (χ1n) is 7.82. The fourth-order valence-electron chi connectivity index (χ4n) is 3.10. The monoisotopic (exact) mass is 296 g/mol. The standard InChI is InChI=1S/C18H20N2O2/c1-2-4-16-15(3-1)12-19-7-8-20(16)13-14-5-6-17-18(11-14)22-10-9-21-17/h1-6,11,19H,7-10,12-13H2. The van der Waals surface area contributed by atoms with E-state index in [1.165, 1.54) is 16.8 Å². The molecule has 1 N–H and O–H groups in total. The minimum atomic E-state index is 0.632. The predicted molar refractivity (Wildman–Crippen MR) is 86.6 cm³/mol. The second-order valence-electron chi connectivity index (χ2n) is 5.71. The maximum absolute atomic E-state index is 5.69. The fourth-order valence-corrected chi connectivity index (χ4v) is 3.10. The van der Waals surface area contributed by atoms with Crippen molar-refractivity contribution < 1.29 is 9.47 Å². The molecule has 4 rings (SSSR count). The number of nitrogens with zero attached hydrogens (tertiary/aromatic N) is 1. The first-order chi connectivity index (χ1) is 10.9. The molecule has 0 fully saturated rings. The van der Waals surface area contributed by atoms with Crippen LogP contribution in [-0.4, -0.2) is 26.3 Å². The minimum Gasteiger partial charge on any atom is -0.486 e. The van der Waals surface area contributed by atoms with Crippen LogP contribution in [0, 0.1) is 0 Å². The molecule has 4 nitrogen and oxygen atoms in total. The summed E-state index contributed by atoms with van der Waals surface area (Å²) < 4.78 is 11.3. The molecule has 0 spiro atoms. The molecule has 2 heterocycles. The molecule has 2 aliphatic rings. The van der Waals surface area contributed by atoms with Gasteiger partial charge in [-0.15, -0.1) is 0 Å². The van der Waals surface area contributed by atoms with Gasteiger partial charge in [0.15, 0.2) is 11.5 Å². The Labute approximate surface area is 130 Å². The number of ether oxygens (including phenoxy) is 2. The van der Waals surface area contributed by atoms with Crippen LogP contribution >= 0.6 is 0 Å². The molecule has 4 heteroatoms. The van der Waals surface area contributed by atoms with Gasteiger partial charge in [0.25, 0.3) is 0 Å². The molecule has 2 aromatic rings. The SMILES string of the molecule is c1ccc2c(c1)CNCCN2Cc1ccc2c(c1)OCCO2. The Bertz CT molecular complexity index is 672. The highest BCUT2D eigenvalue weighted by Crippen LogP contribution is 2.32.